The predicted octanol–water partition coefficient (Wildman–Crippen LogP) is 5.81. The van der Waals surface area contributed by atoms with Crippen LogP contribution in [0.2, 0.25) is 0 Å². The molecular formula is C23H26F2O3. The minimum Gasteiger partial charge on any atom is -0.490 e. The molecule has 0 N–H and O–H groups in total. The summed E-state index contributed by atoms with van der Waals surface area (Å²) in [4.78, 5) is 0. The van der Waals surface area contributed by atoms with Crippen molar-refractivity contribution in [1.82, 2.24) is 0 Å². The molecule has 5 rings (SSSR count). The first-order valence-corrected chi connectivity index (χ1v) is 10.0. The van der Waals surface area contributed by atoms with Gasteiger partial charge in [-0.25, -0.2) is 4.39 Å². The van der Waals surface area contributed by atoms with Crippen molar-refractivity contribution in [2.75, 3.05) is 19.8 Å². The van der Waals surface area contributed by atoms with Gasteiger partial charge in [0, 0.05) is 23.0 Å². The van der Waals surface area contributed by atoms with Crippen molar-refractivity contribution in [2.24, 2.45) is 5.41 Å². The third-order valence-electron chi connectivity index (χ3n) is 6.10. The highest BCUT2D eigenvalue weighted by atomic mass is 19.2. The van der Waals surface area contributed by atoms with Gasteiger partial charge in [-0.05, 0) is 37.0 Å². The Labute approximate surface area is 164 Å². The molecule has 3 nitrogen and oxygen atoms in total. The lowest BCUT2D eigenvalue weighted by Gasteiger charge is -2.52. The summed E-state index contributed by atoms with van der Waals surface area (Å²) in [6.07, 6.45) is 3.66. The second-order valence-electron chi connectivity index (χ2n) is 7.85. The van der Waals surface area contributed by atoms with Gasteiger partial charge in [0.05, 0.1) is 19.8 Å². The number of hydrogen-bond acceptors (Lipinski definition) is 3. The molecule has 3 heterocycles. The van der Waals surface area contributed by atoms with Gasteiger partial charge >= 0.3 is 0 Å². The first kappa shape index (κ1) is 19.3. The second kappa shape index (κ2) is 7.45. The first-order chi connectivity index (χ1) is 13.5. The molecule has 2 aromatic carbocycles. The van der Waals surface area contributed by atoms with Crippen LogP contribution in [0.1, 0.15) is 45.1 Å². The molecule has 2 aromatic rings. The quantitative estimate of drug-likeness (QED) is 0.625. The molecule has 0 radical (unpaired) electrons. The number of halogens is 2. The lowest BCUT2D eigenvalue weighted by molar-refractivity contribution is -0.350. The van der Waals surface area contributed by atoms with Crippen LogP contribution in [0.5, 0.6) is 5.75 Å². The van der Waals surface area contributed by atoms with Gasteiger partial charge in [0.25, 0.3) is 0 Å². The minimum absolute atomic E-state index is 0.0516. The summed E-state index contributed by atoms with van der Waals surface area (Å²) in [5.41, 5.74) is 1.88. The summed E-state index contributed by atoms with van der Waals surface area (Å²) in [5.74, 6) is -2.60. The van der Waals surface area contributed by atoms with Gasteiger partial charge in [0.15, 0.2) is 17.4 Å². The number of ether oxygens (including phenoxy) is 3. The maximum atomic E-state index is 14.6. The van der Waals surface area contributed by atoms with Crippen molar-refractivity contribution in [3.8, 4) is 16.9 Å². The van der Waals surface area contributed by atoms with Crippen molar-refractivity contribution >= 4 is 0 Å². The average Bonchev–Trinajstić information content (AvgIpc) is 2.76. The van der Waals surface area contributed by atoms with Gasteiger partial charge in [-0.1, -0.05) is 38.1 Å². The summed E-state index contributed by atoms with van der Waals surface area (Å²) in [6.45, 7) is 5.84. The zero-order valence-corrected chi connectivity index (χ0v) is 16.4. The second-order valence-corrected chi connectivity index (χ2v) is 7.85. The van der Waals surface area contributed by atoms with Crippen molar-refractivity contribution in [2.45, 2.75) is 45.3 Å². The molecule has 0 unspecified atom stereocenters. The standard InChI is InChI=1S/C23H26F2O3/c1-3-13-26-19-10-9-18(20(24)21(19)25)16-5-7-17(8-6-16)23-12-11-22(4-2,14-27-23)15-28-23/h5-10H,3-4,11-15H2,1-2H3. The average molecular weight is 388 g/mol. The van der Waals surface area contributed by atoms with Crippen LogP contribution in [0.15, 0.2) is 36.4 Å². The Kier molecular flexibility index (Phi) is 5.15. The van der Waals surface area contributed by atoms with Crippen LogP contribution in [-0.4, -0.2) is 19.8 Å². The van der Waals surface area contributed by atoms with E-state index in [1.807, 2.05) is 19.1 Å². The molecule has 0 saturated carbocycles. The van der Waals surface area contributed by atoms with Crippen LogP contribution >= 0.6 is 0 Å². The number of benzene rings is 2. The Hall–Kier alpha value is -1.98. The predicted molar refractivity (Wildman–Crippen MR) is 103 cm³/mol. The highest BCUT2D eigenvalue weighted by Crippen LogP contribution is 2.50. The van der Waals surface area contributed by atoms with Crippen LogP contribution in [0.25, 0.3) is 11.1 Å². The summed E-state index contributed by atoms with van der Waals surface area (Å²) in [7, 11) is 0. The van der Waals surface area contributed by atoms with Crippen LogP contribution in [0.3, 0.4) is 0 Å². The van der Waals surface area contributed by atoms with E-state index in [-0.39, 0.29) is 16.7 Å². The molecule has 28 heavy (non-hydrogen) atoms. The molecule has 0 aromatic heterocycles. The van der Waals surface area contributed by atoms with E-state index in [0.29, 0.717) is 25.4 Å². The molecule has 150 valence electrons. The van der Waals surface area contributed by atoms with Crippen LogP contribution in [0.4, 0.5) is 8.78 Å². The zero-order valence-electron chi connectivity index (χ0n) is 16.4. The molecular weight excluding hydrogens is 362 g/mol. The number of hydrogen-bond donors (Lipinski definition) is 0. The fraction of sp³-hybridized carbons (Fsp3) is 0.478. The monoisotopic (exact) mass is 388 g/mol. The van der Waals surface area contributed by atoms with Crippen LogP contribution < -0.4 is 4.74 Å². The zero-order chi connectivity index (χ0) is 19.8. The van der Waals surface area contributed by atoms with Gasteiger partial charge in [-0.15, -0.1) is 0 Å². The topological polar surface area (TPSA) is 27.7 Å². The molecule has 2 bridgehead atoms. The molecule has 3 fully saturated rings. The molecule has 0 spiro atoms. The molecule has 5 heteroatoms. The highest BCUT2D eigenvalue weighted by Gasteiger charge is 2.51. The normalized spacial score (nSPS) is 26.4. The fourth-order valence-corrected chi connectivity index (χ4v) is 4.01. The summed E-state index contributed by atoms with van der Waals surface area (Å²) in [5, 5.41) is 0. The molecule has 3 saturated heterocycles. The minimum atomic E-state index is -0.948. The van der Waals surface area contributed by atoms with Gasteiger partial charge in [0.2, 0.25) is 5.82 Å². The fourth-order valence-electron chi connectivity index (χ4n) is 4.01. The van der Waals surface area contributed by atoms with E-state index in [0.717, 1.165) is 31.2 Å². The summed E-state index contributed by atoms with van der Waals surface area (Å²) >= 11 is 0. The lowest BCUT2D eigenvalue weighted by atomic mass is 9.75. The Balaban J connectivity index is 1.57. The highest BCUT2D eigenvalue weighted by molar-refractivity contribution is 5.65. The van der Waals surface area contributed by atoms with Gasteiger partial charge in [0.1, 0.15) is 0 Å². The number of rotatable bonds is 6. The van der Waals surface area contributed by atoms with E-state index in [9.17, 15) is 8.78 Å². The maximum Gasteiger partial charge on any atom is 0.201 e. The lowest BCUT2D eigenvalue weighted by Crippen LogP contribution is -2.53. The molecule has 0 amide bonds. The van der Waals surface area contributed by atoms with Crippen molar-refractivity contribution in [3.05, 3.63) is 53.6 Å². The smallest absolute Gasteiger partial charge is 0.201 e. The van der Waals surface area contributed by atoms with Gasteiger partial charge in [-0.2, -0.15) is 4.39 Å². The van der Waals surface area contributed by atoms with Crippen LogP contribution in [-0.2, 0) is 15.3 Å². The largest absolute Gasteiger partial charge is 0.490 e. The number of fused-ring (bicyclic) bond motifs is 3. The summed E-state index contributed by atoms with van der Waals surface area (Å²) in [6, 6.07) is 10.4. The Morgan fingerprint density at radius 1 is 0.929 bits per heavy atom. The Morgan fingerprint density at radius 2 is 1.64 bits per heavy atom. The van der Waals surface area contributed by atoms with Crippen molar-refractivity contribution in [1.29, 1.82) is 0 Å². The van der Waals surface area contributed by atoms with E-state index in [1.54, 1.807) is 18.2 Å². The van der Waals surface area contributed by atoms with E-state index in [4.69, 9.17) is 14.2 Å². The Bertz CT molecular complexity index is 823. The van der Waals surface area contributed by atoms with Gasteiger partial charge < -0.3 is 14.2 Å². The van der Waals surface area contributed by atoms with E-state index >= 15 is 0 Å². The molecule has 0 aliphatic carbocycles. The van der Waals surface area contributed by atoms with Gasteiger partial charge in [-0.3, -0.25) is 0 Å². The SMILES string of the molecule is CCCOc1ccc(-c2ccc(C34CCC(CC)(CO3)CO4)cc2)c(F)c1F. The molecule has 0 atom stereocenters. The maximum absolute atomic E-state index is 14.6. The molecule has 3 aliphatic heterocycles. The van der Waals surface area contributed by atoms with Crippen LogP contribution in [0, 0.1) is 17.0 Å². The van der Waals surface area contributed by atoms with Crippen molar-refractivity contribution < 1.29 is 23.0 Å². The van der Waals surface area contributed by atoms with E-state index in [2.05, 4.69) is 6.92 Å². The first-order valence-electron chi connectivity index (χ1n) is 10.0. The van der Waals surface area contributed by atoms with E-state index in [1.165, 1.54) is 6.07 Å². The van der Waals surface area contributed by atoms with E-state index < -0.39 is 17.4 Å². The molecule has 3 aliphatic rings. The summed E-state index contributed by atoms with van der Waals surface area (Å²) < 4.78 is 46.3. The third kappa shape index (κ3) is 3.20. The third-order valence-corrected chi connectivity index (χ3v) is 6.10. The Morgan fingerprint density at radius 3 is 2.21 bits per heavy atom. The van der Waals surface area contributed by atoms with Crippen molar-refractivity contribution in [3.63, 3.8) is 0 Å².